The van der Waals surface area contributed by atoms with Crippen molar-refractivity contribution in [1.82, 2.24) is 14.8 Å². The van der Waals surface area contributed by atoms with E-state index in [2.05, 4.69) is 10.1 Å². The fraction of sp³-hybridized carbons (Fsp3) is 0.308. The molecule has 0 saturated carbocycles. The Hall–Kier alpha value is -2.17. The molecule has 2 rings (SSSR count). The molecule has 0 amide bonds. The molecule has 0 fully saturated rings. The molecule has 5 heteroatoms. The summed E-state index contributed by atoms with van der Waals surface area (Å²) in [5.41, 5.74) is 1.32. The first kappa shape index (κ1) is 12.3. The Morgan fingerprint density at radius 2 is 2.22 bits per heavy atom. The topological polar surface area (TPSA) is 57.0 Å². The van der Waals surface area contributed by atoms with Crippen molar-refractivity contribution in [1.29, 1.82) is 0 Å². The summed E-state index contributed by atoms with van der Waals surface area (Å²) in [6, 6.07) is 5.57. The van der Waals surface area contributed by atoms with Crippen LogP contribution in [0.2, 0.25) is 0 Å². The SMILES string of the molecule is CCOC(=O)c1cnn(-c2ccccn2)c1CC. The lowest BCUT2D eigenvalue weighted by Crippen LogP contribution is -2.09. The van der Waals surface area contributed by atoms with E-state index in [9.17, 15) is 4.79 Å². The lowest BCUT2D eigenvalue weighted by molar-refractivity contribution is 0.0525. The van der Waals surface area contributed by atoms with E-state index in [0.29, 0.717) is 24.4 Å². The Morgan fingerprint density at radius 3 is 2.83 bits per heavy atom. The van der Waals surface area contributed by atoms with E-state index in [4.69, 9.17) is 4.74 Å². The number of hydrogen-bond acceptors (Lipinski definition) is 4. The first-order valence-electron chi connectivity index (χ1n) is 5.93. The number of nitrogens with zero attached hydrogens (tertiary/aromatic N) is 3. The van der Waals surface area contributed by atoms with Gasteiger partial charge in [-0.05, 0) is 25.5 Å². The first-order chi connectivity index (χ1) is 8.77. The molecule has 0 spiro atoms. The molecule has 2 heterocycles. The maximum absolute atomic E-state index is 11.8. The lowest BCUT2D eigenvalue weighted by atomic mass is 10.2. The van der Waals surface area contributed by atoms with Crippen LogP contribution in [0.15, 0.2) is 30.6 Å². The minimum atomic E-state index is -0.337. The highest BCUT2D eigenvalue weighted by atomic mass is 16.5. The van der Waals surface area contributed by atoms with Gasteiger partial charge in [0.15, 0.2) is 5.82 Å². The number of rotatable bonds is 4. The van der Waals surface area contributed by atoms with Crippen LogP contribution in [0, 0.1) is 0 Å². The number of ether oxygens (including phenoxy) is 1. The zero-order chi connectivity index (χ0) is 13.0. The molecule has 5 nitrogen and oxygen atoms in total. The van der Waals surface area contributed by atoms with Gasteiger partial charge in [0.05, 0.1) is 18.5 Å². The van der Waals surface area contributed by atoms with Gasteiger partial charge in [-0.3, -0.25) is 0 Å². The standard InChI is InChI=1S/C13H15N3O2/c1-3-11-10(13(17)18-4-2)9-15-16(11)12-7-5-6-8-14-12/h5-9H,3-4H2,1-2H3. The van der Waals surface area contributed by atoms with E-state index in [0.717, 1.165) is 5.69 Å². The monoisotopic (exact) mass is 245 g/mol. The van der Waals surface area contributed by atoms with Crippen LogP contribution in [0.4, 0.5) is 0 Å². The number of pyridine rings is 1. The normalized spacial score (nSPS) is 10.3. The van der Waals surface area contributed by atoms with E-state index in [1.807, 2.05) is 25.1 Å². The molecule has 0 bridgehead atoms. The highest BCUT2D eigenvalue weighted by molar-refractivity contribution is 5.90. The minimum Gasteiger partial charge on any atom is -0.462 e. The second-order valence-electron chi connectivity index (χ2n) is 3.68. The molecule has 2 aromatic heterocycles. The van der Waals surface area contributed by atoms with Crippen LogP contribution in [0.5, 0.6) is 0 Å². The maximum Gasteiger partial charge on any atom is 0.341 e. The summed E-state index contributed by atoms with van der Waals surface area (Å²) in [7, 11) is 0. The van der Waals surface area contributed by atoms with Crippen molar-refractivity contribution in [3.05, 3.63) is 41.9 Å². The number of aromatic nitrogens is 3. The zero-order valence-electron chi connectivity index (χ0n) is 10.5. The Kier molecular flexibility index (Phi) is 3.72. The van der Waals surface area contributed by atoms with Crippen LogP contribution in [-0.4, -0.2) is 27.3 Å². The van der Waals surface area contributed by atoms with Crippen molar-refractivity contribution in [2.45, 2.75) is 20.3 Å². The molecule has 94 valence electrons. The smallest absolute Gasteiger partial charge is 0.341 e. The molecule has 0 atom stereocenters. The second kappa shape index (κ2) is 5.44. The zero-order valence-corrected chi connectivity index (χ0v) is 10.5. The van der Waals surface area contributed by atoms with E-state index >= 15 is 0 Å². The molecule has 18 heavy (non-hydrogen) atoms. The van der Waals surface area contributed by atoms with Gasteiger partial charge in [-0.1, -0.05) is 13.0 Å². The van der Waals surface area contributed by atoms with Gasteiger partial charge >= 0.3 is 5.97 Å². The molecular weight excluding hydrogens is 230 g/mol. The molecule has 0 radical (unpaired) electrons. The lowest BCUT2D eigenvalue weighted by Gasteiger charge is -2.06. The third-order valence-electron chi connectivity index (χ3n) is 2.57. The average Bonchev–Trinajstić information content (AvgIpc) is 2.83. The van der Waals surface area contributed by atoms with E-state index in [1.54, 1.807) is 17.8 Å². The second-order valence-corrected chi connectivity index (χ2v) is 3.68. The Balaban J connectivity index is 2.42. The molecule has 2 aromatic rings. The van der Waals surface area contributed by atoms with E-state index < -0.39 is 0 Å². The highest BCUT2D eigenvalue weighted by Crippen LogP contribution is 2.15. The molecule has 0 aliphatic heterocycles. The van der Waals surface area contributed by atoms with Gasteiger partial charge in [0, 0.05) is 6.20 Å². The van der Waals surface area contributed by atoms with Crippen molar-refractivity contribution >= 4 is 5.97 Å². The average molecular weight is 245 g/mol. The summed E-state index contributed by atoms with van der Waals surface area (Å²) >= 11 is 0. The van der Waals surface area contributed by atoms with Crippen LogP contribution in [0.3, 0.4) is 0 Å². The van der Waals surface area contributed by atoms with Crippen molar-refractivity contribution in [3.63, 3.8) is 0 Å². The summed E-state index contributed by atoms with van der Waals surface area (Å²) < 4.78 is 6.68. The maximum atomic E-state index is 11.8. The van der Waals surface area contributed by atoms with Gasteiger partial charge in [0.25, 0.3) is 0 Å². The minimum absolute atomic E-state index is 0.337. The highest BCUT2D eigenvalue weighted by Gasteiger charge is 2.18. The Bertz CT molecular complexity index is 534. The van der Waals surface area contributed by atoms with Gasteiger partial charge in [-0.15, -0.1) is 0 Å². The molecule has 0 aromatic carbocycles. The predicted octanol–water partition coefficient (Wildman–Crippen LogP) is 2.01. The third kappa shape index (κ3) is 2.25. The molecule has 0 aliphatic rings. The van der Waals surface area contributed by atoms with Crippen LogP contribution in [-0.2, 0) is 11.2 Å². The molecule has 0 unspecified atom stereocenters. The number of carbonyl (C=O) groups is 1. The van der Waals surface area contributed by atoms with Gasteiger partial charge in [0.1, 0.15) is 5.56 Å². The summed E-state index contributed by atoms with van der Waals surface area (Å²) in [6.07, 6.45) is 3.91. The van der Waals surface area contributed by atoms with E-state index in [1.165, 1.54) is 6.20 Å². The van der Waals surface area contributed by atoms with Gasteiger partial charge < -0.3 is 4.74 Å². The quantitative estimate of drug-likeness (QED) is 0.773. The first-order valence-corrected chi connectivity index (χ1v) is 5.93. The summed E-state index contributed by atoms with van der Waals surface area (Å²) in [5.74, 6) is 0.362. The van der Waals surface area contributed by atoms with E-state index in [-0.39, 0.29) is 5.97 Å². The summed E-state index contributed by atoms with van der Waals surface area (Å²) in [4.78, 5) is 16.0. The fourth-order valence-corrected chi connectivity index (χ4v) is 1.77. The largest absolute Gasteiger partial charge is 0.462 e. The van der Waals surface area contributed by atoms with Crippen molar-refractivity contribution in [2.24, 2.45) is 0 Å². The fourth-order valence-electron chi connectivity index (χ4n) is 1.77. The number of esters is 1. The van der Waals surface area contributed by atoms with Gasteiger partial charge in [-0.25, -0.2) is 14.5 Å². The molecule has 0 N–H and O–H groups in total. The number of hydrogen-bond donors (Lipinski definition) is 0. The van der Waals surface area contributed by atoms with Crippen molar-refractivity contribution in [3.8, 4) is 5.82 Å². The van der Waals surface area contributed by atoms with Crippen LogP contribution < -0.4 is 0 Å². The van der Waals surface area contributed by atoms with Crippen molar-refractivity contribution < 1.29 is 9.53 Å². The van der Waals surface area contributed by atoms with Crippen LogP contribution >= 0.6 is 0 Å². The molecule has 0 saturated heterocycles. The Labute approximate surface area is 105 Å². The summed E-state index contributed by atoms with van der Waals surface area (Å²) in [6.45, 7) is 4.11. The van der Waals surface area contributed by atoms with Crippen molar-refractivity contribution in [2.75, 3.05) is 6.61 Å². The predicted molar refractivity (Wildman–Crippen MR) is 66.7 cm³/mol. The molecular formula is C13H15N3O2. The molecule has 0 aliphatic carbocycles. The summed E-state index contributed by atoms with van der Waals surface area (Å²) in [5, 5.41) is 4.21. The third-order valence-corrected chi connectivity index (χ3v) is 2.57. The Morgan fingerprint density at radius 1 is 1.39 bits per heavy atom. The van der Waals surface area contributed by atoms with Crippen LogP contribution in [0.25, 0.3) is 5.82 Å². The van der Waals surface area contributed by atoms with Gasteiger partial charge in [-0.2, -0.15) is 5.10 Å². The van der Waals surface area contributed by atoms with Gasteiger partial charge in [0.2, 0.25) is 0 Å². The van der Waals surface area contributed by atoms with Crippen LogP contribution in [0.1, 0.15) is 29.9 Å². The number of carbonyl (C=O) groups excluding carboxylic acids is 1.